The Kier molecular flexibility index (Phi) is 6.56. The number of carbonyl (C=O) groups excluding carboxylic acids is 1. The molecule has 0 saturated heterocycles. The molecule has 2 aromatic carbocycles. The highest BCUT2D eigenvalue weighted by Gasteiger charge is 2.19. The molecule has 0 fully saturated rings. The molecule has 0 aliphatic carbocycles. The predicted molar refractivity (Wildman–Crippen MR) is 123 cm³/mol. The summed E-state index contributed by atoms with van der Waals surface area (Å²) < 4.78 is 7.04. The third-order valence-electron chi connectivity index (χ3n) is 4.44. The molecule has 0 unspecified atom stereocenters. The maximum Gasteiger partial charge on any atom is 0.196 e. The van der Waals surface area contributed by atoms with E-state index in [1.165, 1.54) is 11.8 Å². The van der Waals surface area contributed by atoms with Crippen LogP contribution in [0.2, 0.25) is 10.0 Å². The molecule has 0 spiro atoms. The van der Waals surface area contributed by atoms with Crippen LogP contribution in [0.1, 0.15) is 10.4 Å². The third-order valence-corrected chi connectivity index (χ3v) is 6.11. The minimum Gasteiger partial charge on any atom is -0.497 e. The van der Waals surface area contributed by atoms with Gasteiger partial charge in [-0.15, -0.1) is 10.2 Å². The summed E-state index contributed by atoms with van der Waals surface area (Å²) in [6.45, 7) is 0. The predicted octanol–water partition coefficient (Wildman–Crippen LogP) is 5.62. The SMILES string of the molecule is COc1cccc(C(=O)CSc2nnc(-c3cccnc3)n2-c2ccc(Cl)c(Cl)c2)c1. The summed E-state index contributed by atoms with van der Waals surface area (Å²) >= 11 is 13.6. The molecule has 0 radical (unpaired) electrons. The summed E-state index contributed by atoms with van der Waals surface area (Å²) in [4.78, 5) is 16.9. The summed E-state index contributed by atoms with van der Waals surface area (Å²) in [7, 11) is 1.57. The number of methoxy groups -OCH3 is 1. The van der Waals surface area contributed by atoms with E-state index in [2.05, 4.69) is 15.2 Å². The molecule has 31 heavy (non-hydrogen) atoms. The van der Waals surface area contributed by atoms with Gasteiger partial charge >= 0.3 is 0 Å². The van der Waals surface area contributed by atoms with E-state index in [4.69, 9.17) is 27.9 Å². The van der Waals surface area contributed by atoms with Gasteiger partial charge in [-0.25, -0.2) is 0 Å². The van der Waals surface area contributed by atoms with Gasteiger partial charge in [0.1, 0.15) is 5.75 Å². The first-order valence-corrected chi connectivity index (χ1v) is 10.9. The lowest BCUT2D eigenvalue weighted by Crippen LogP contribution is -2.05. The molecule has 0 saturated carbocycles. The summed E-state index contributed by atoms with van der Waals surface area (Å²) in [6, 6.07) is 16.0. The van der Waals surface area contributed by atoms with Crippen molar-refractivity contribution in [2.24, 2.45) is 0 Å². The van der Waals surface area contributed by atoms with Crippen molar-refractivity contribution >= 4 is 40.7 Å². The maximum atomic E-state index is 12.7. The number of aromatic nitrogens is 4. The highest BCUT2D eigenvalue weighted by atomic mass is 35.5. The number of ketones is 1. The molecule has 6 nitrogen and oxygen atoms in total. The van der Waals surface area contributed by atoms with Crippen molar-refractivity contribution in [3.63, 3.8) is 0 Å². The fourth-order valence-corrected chi connectivity index (χ4v) is 4.05. The van der Waals surface area contributed by atoms with E-state index in [1.54, 1.807) is 55.9 Å². The number of rotatable bonds is 7. The number of hydrogen-bond donors (Lipinski definition) is 0. The summed E-state index contributed by atoms with van der Waals surface area (Å²) in [5.41, 5.74) is 2.08. The number of benzene rings is 2. The number of halogens is 2. The fraction of sp³-hybridized carbons (Fsp3) is 0.0909. The molecule has 9 heteroatoms. The molecular formula is C22H16Cl2N4O2S. The first kappa shape index (κ1) is 21.4. The van der Waals surface area contributed by atoms with Crippen molar-refractivity contribution in [3.05, 3.63) is 82.6 Å². The number of hydrogen-bond acceptors (Lipinski definition) is 6. The molecule has 0 N–H and O–H groups in total. The quantitative estimate of drug-likeness (QED) is 0.257. The van der Waals surface area contributed by atoms with Crippen LogP contribution in [0, 0.1) is 0 Å². The molecular weight excluding hydrogens is 455 g/mol. The summed E-state index contributed by atoms with van der Waals surface area (Å²) in [5.74, 6) is 1.35. The van der Waals surface area contributed by atoms with Crippen LogP contribution in [0.4, 0.5) is 0 Å². The highest BCUT2D eigenvalue weighted by molar-refractivity contribution is 7.99. The normalized spacial score (nSPS) is 10.8. The first-order valence-electron chi connectivity index (χ1n) is 9.18. The van der Waals surface area contributed by atoms with Crippen LogP contribution in [-0.4, -0.2) is 38.4 Å². The van der Waals surface area contributed by atoms with E-state index in [-0.39, 0.29) is 11.5 Å². The van der Waals surface area contributed by atoms with E-state index in [0.29, 0.717) is 32.3 Å². The maximum absolute atomic E-state index is 12.7. The van der Waals surface area contributed by atoms with Gasteiger partial charge < -0.3 is 4.74 Å². The zero-order valence-electron chi connectivity index (χ0n) is 16.3. The van der Waals surface area contributed by atoms with Crippen LogP contribution in [0.5, 0.6) is 5.75 Å². The second-order valence-corrected chi connectivity index (χ2v) is 8.18. The molecule has 2 aromatic heterocycles. The van der Waals surface area contributed by atoms with Crippen LogP contribution in [0.25, 0.3) is 17.1 Å². The van der Waals surface area contributed by atoms with E-state index in [1.807, 2.05) is 22.8 Å². The summed E-state index contributed by atoms with van der Waals surface area (Å²) in [6.07, 6.45) is 3.39. The number of thioether (sulfide) groups is 1. The van der Waals surface area contributed by atoms with Crippen molar-refractivity contribution < 1.29 is 9.53 Å². The Labute approximate surface area is 193 Å². The molecule has 0 bridgehead atoms. The van der Waals surface area contributed by atoms with Crippen molar-refractivity contribution in [1.82, 2.24) is 19.7 Å². The number of Topliss-reactive ketones (excluding diaryl/α,β-unsaturated/α-hetero) is 1. The largest absolute Gasteiger partial charge is 0.497 e. The smallest absolute Gasteiger partial charge is 0.196 e. The zero-order chi connectivity index (χ0) is 21.8. The van der Waals surface area contributed by atoms with Gasteiger partial charge in [0.25, 0.3) is 0 Å². The van der Waals surface area contributed by atoms with Gasteiger partial charge in [0, 0.05) is 23.5 Å². The second-order valence-electron chi connectivity index (χ2n) is 6.43. The average molecular weight is 471 g/mol. The van der Waals surface area contributed by atoms with Crippen molar-refractivity contribution in [1.29, 1.82) is 0 Å². The van der Waals surface area contributed by atoms with Crippen LogP contribution >= 0.6 is 35.0 Å². The van der Waals surface area contributed by atoms with Crippen molar-refractivity contribution in [2.75, 3.05) is 12.9 Å². The highest BCUT2D eigenvalue weighted by Crippen LogP contribution is 2.31. The Balaban J connectivity index is 1.68. The van der Waals surface area contributed by atoms with Crippen molar-refractivity contribution in [2.45, 2.75) is 5.16 Å². The minimum absolute atomic E-state index is 0.0458. The van der Waals surface area contributed by atoms with Crippen LogP contribution in [-0.2, 0) is 0 Å². The standard InChI is InChI=1S/C22H16Cl2N4O2S/c1-30-17-6-2-4-14(10-17)20(29)13-31-22-27-26-21(15-5-3-9-25-12-15)28(22)16-7-8-18(23)19(24)11-16/h2-12H,13H2,1H3. The molecule has 0 aliphatic heterocycles. The number of carbonyl (C=O) groups is 1. The summed E-state index contributed by atoms with van der Waals surface area (Å²) in [5, 5.41) is 10.1. The van der Waals surface area contributed by atoms with Crippen molar-refractivity contribution in [3.8, 4) is 22.8 Å². The molecule has 0 atom stereocenters. The third kappa shape index (κ3) is 4.74. The Morgan fingerprint density at radius 3 is 2.68 bits per heavy atom. The van der Waals surface area contributed by atoms with Crippen LogP contribution < -0.4 is 4.74 Å². The average Bonchev–Trinajstić information content (AvgIpc) is 3.24. The molecule has 156 valence electrons. The van der Waals surface area contributed by atoms with E-state index < -0.39 is 0 Å². The van der Waals surface area contributed by atoms with Crippen LogP contribution in [0.3, 0.4) is 0 Å². The van der Waals surface area contributed by atoms with Gasteiger partial charge in [-0.3, -0.25) is 14.3 Å². The Hall–Kier alpha value is -2.87. The van der Waals surface area contributed by atoms with Gasteiger partial charge in [0.2, 0.25) is 0 Å². The number of ether oxygens (including phenoxy) is 1. The van der Waals surface area contributed by atoms with Crippen LogP contribution in [0.15, 0.2) is 72.1 Å². The molecule has 4 rings (SSSR count). The Morgan fingerprint density at radius 1 is 1.06 bits per heavy atom. The molecule has 0 amide bonds. The van der Waals surface area contributed by atoms with Gasteiger partial charge in [-0.05, 0) is 42.5 Å². The van der Waals surface area contributed by atoms with Gasteiger partial charge in [0.15, 0.2) is 16.8 Å². The van der Waals surface area contributed by atoms with Gasteiger partial charge in [-0.2, -0.15) is 0 Å². The Morgan fingerprint density at radius 2 is 1.94 bits per heavy atom. The minimum atomic E-state index is -0.0458. The molecule has 4 aromatic rings. The molecule has 2 heterocycles. The van der Waals surface area contributed by atoms with Gasteiger partial charge in [0.05, 0.1) is 28.6 Å². The monoisotopic (exact) mass is 470 g/mol. The Bertz CT molecular complexity index is 1230. The lowest BCUT2D eigenvalue weighted by atomic mass is 10.1. The second kappa shape index (κ2) is 9.51. The van der Waals surface area contributed by atoms with E-state index in [9.17, 15) is 4.79 Å². The fourth-order valence-electron chi connectivity index (χ4n) is 2.91. The number of nitrogens with zero attached hydrogens (tertiary/aromatic N) is 4. The molecule has 0 aliphatic rings. The van der Waals surface area contributed by atoms with Gasteiger partial charge in [-0.1, -0.05) is 47.1 Å². The lowest BCUT2D eigenvalue weighted by Gasteiger charge is -2.11. The topological polar surface area (TPSA) is 69.9 Å². The lowest BCUT2D eigenvalue weighted by molar-refractivity contribution is 0.102. The zero-order valence-corrected chi connectivity index (χ0v) is 18.7. The van der Waals surface area contributed by atoms with E-state index >= 15 is 0 Å². The first-order chi connectivity index (χ1) is 15.1. The number of pyridine rings is 1. The van der Waals surface area contributed by atoms with E-state index in [0.717, 1.165) is 11.3 Å².